The van der Waals surface area contributed by atoms with Gasteiger partial charge in [0.15, 0.2) is 0 Å². The molecule has 0 bridgehead atoms. The molecule has 0 aromatic heterocycles. The number of rotatable bonds is 5. The summed E-state index contributed by atoms with van der Waals surface area (Å²) >= 11 is 0. The Hall–Kier alpha value is -1.60. The number of hydrogen-bond donors (Lipinski definition) is 3. The summed E-state index contributed by atoms with van der Waals surface area (Å²) < 4.78 is 0. The van der Waals surface area contributed by atoms with Crippen LogP contribution < -0.4 is 0 Å². The molecule has 1 heterocycles. The van der Waals surface area contributed by atoms with Gasteiger partial charge in [-0.15, -0.1) is 6.58 Å². The Morgan fingerprint density at radius 2 is 2.17 bits per heavy atom. The van der Waals surface area contributed by atoms with Gasteiger partial charge in [0, 0.05) is 26.1 Å². The van der Waals surface area contributed by atoms with Gasteiger partial charge in [0.25, 0.3) is 0 Å². The molecule has 0 radical (unpaired) electrons. The van der Waals surface area contributed by atoms with Crippen LogP contribution in [0.5, 0.6) is 0 Å². The van der Waals surface area contributed by atoms with Gasteiger partial charge in [-0.3, -0.25) is 0 Å². The highest BCUT2D eigenvalue weighted by molar-refractivity contribution is 5.83. The van der Waals surface area contributed by atoms with Gasteiger partial charge in [0.1, 0.15) is 6.04 Å². The van der Waals surface area contributed by atoms with Crippen molar-refractivity contribution in [2.75, 3.05) is 26.2 Å². The van der Waals surface area contributed by atoms with E-state index in [0.717, 1.165) is 4.90 Å². The number of aliphatic hydroxyl groups is 2. The fraction of sp³-hybridized carbons (Fsp3) is 0.636. The van der Waals surface area contributed by atoms with E-state index < -0.39 is 24.1 Å². The predicted octanol–water partition coefficient (Wildman–Crippen LogP) is -0.893. The SMILES string of the molecule is C=CCN(CCO)C(=O)N1CC(O)CC1C(=O)O. The van der Waals surface area contributed by atoms with Gasteiger partial charge in [-0.2, -0.15) is 0 Å². The van der Waals surface area contributed by atoms with Gasteiger partial charge in [0.05, 0.1) is 12.7 Å². The van der Waals surface area contributed by atoms with Crippen molar-refractivity contribution in [1.82, 2.24) is 9.80 Å². The predicted molar refractivity (Wildman–Crippen MR) is 63.0 cm³/mol. The first kappa shape index (κ1) is 14.5. The minimum atomic E-state index is -1.14. The summed E-state index contributed by atoms with van der Waals surface area (Å²) in [5, 5.41) is 27.3. The summed E-state index contributed by atoms with van der Waals surface area (Å²) in [5.74, 6) is -1.14. The molecular formula is C11H18N2O5. The number of carbonyl (C=O) groups is 2. The molecule has 0 aliphatic carbocycles. The van der Waals surface area contributed by atoms with Crippen LogP contribution in [0.4, 0.5) is 4.79 Å². The number of carboxylic acid groups (broad SMARTS) is 1. The lowest BCUT2D eigenvalue weighted by Gasteiger charge is -2.29. The van der Waals surface area contributed by atoms with Crippen molar-refractivity contribution in [3.63, 3.8) is 0 Å². The number of β-amino-alcohol motifs (C(OH)–C–C–N with tert-alkyl or cyclic N) is 1. The number of hydrogen-bond acceptors (Lipinski definition) is 4. The van der Waals surface area contributed by atoms with Crippen molar-refractivity contribution in [1.29, 1.82) is 0 Å². The lowest BCUT2D eigenvalue weighted by atomic mass is 10.2. The third-order valence-corrected chi connectivity index (χ3v) is 2.80. The normalized spacial score (nSPS) is 22.9. The zero-order chi connectivity index (χ0) is 13.7. The average molecular weight is 258 g/mol. The number of aliphatic carboxylic acids is 1. The molecule has 2 amide bonds. The quantitative estimate of drug-likeness (QED) is 0.555. The van der Waals surface area contributed by atoms with Crippen LogP contribution in [0.2, 0.25) is 0 Å². The molecule has 7 nitrogen and oxygen atoms in total. The minimum Gasteiger partial charge on any atom is -0.480 e. The van der Waals surface area contributed by atoms with E-state index in [4.69, 9.17) is 10.2 Å². The smallest absolute Gasteiger partial charge is 0.326 e. The van der Waals surface area contributed by atoms with E-state index >= 15 is 0 Å². The average Bonchev–Trinajstić information content (AvgIpc) is 2.70. The Morgan fingerprint density at radius 1 is 1.50 bits per heavy atom. The number of carboxylic acids is 1. The second-order valence-electron chi connectivity index (χ2n) is 4.14. The highest BCUT2D eigenvalue weighted by Gasteiger charge is 2.40. The van der Waals surface area contributed by atoms with Gasteiger partial charge in [0.2, 0.25) is 0 Å². The molecular weight excluding hydrogens is 240 g/mol. The lowest BCUT2D eigenvalue weighted by molar-refractivity contribution is -0.141. The maximum absolute atomic E-state index is 12.1. The van der Waals surface area contributed by atoms with Crippen molar-refractivity contribution < 1.29 is 24.9 Å². The fourth-order valence-corrected chi connectivity index (χ4v) is 1.98. The molecule has 1 rings (SSSR count). The minimum absolute atomic E-state index is 0.00509. The summed E-state index contributed by atoms with van der Waals surface area (Å²) in [6, 6.07) is -1.52. The van der Waals surface area contributed by atoms with Crippen molar-refractivity contribution in [3.8, 4) is 0 Å². The monoisotopic (exact) mass is 258 g/mol. The maximum Gasteiger partial charge on any atom is 0.326 e. The first-order chi connectivity index (χ1) is 8.51. The molecule has 0 spiro atoms. The lowest BCUT2D eigenvalue weighted by Crippen LogP contribution is -2.49. The van der Waals surface area contributed by atoms with Crippen LogP contribution in [-0.2, 0) is 4.79 Å². The van der Waals surface area contributed by atoms with E-state index in [1.54, 1.807) is 0 Å². The standard InChI is InChI=1S/C11H18N2O5/c1-2-3-12(4-5-14)11(18)13-7-8(15)6-9(13)10(16)17/h2,8-9,14-15H,1,3-7H2,(H,16,17). The molecule has 1 aliphatic rings. The molecule has 0 saturated carbocycles. The number of likely N-dealkylation sites (tertiary alicyclic amines) is 1. The molecule has 1 fully saturated rings. The maximum atomic E-state index is 12.1. The molecule has 2 unspecified atom stereocenters. The Balaban J connectivity index is 2.79. The first-order valence-corrected chi connectivity index (χ1v) is 5.69. The van der Waals surface area contributed by atoms with Crippen LogP contribution in [0.25, 0.3) is 0 Å². The van der Waals surface area contributed by atoms with E-state index in [0.29, 0.717) is 0 Å². The van der Waals surface area contributed by atoms with Crippen molar-refractivity contribution in [2.24, 2.45) is 0 Å². The second kappa shape index (κ2) is 6.36. The summed E-state index contributed by atoms with van der Waals surface area (Å²) in [4.78, 5) is 25.5. The van der Waals surface area contributed by atoms with Crippen LogP contribution in [0.15, 0.2) is 12.7 Å². The molecule has 1 saturated heterocycles. The van der Waals surface area contributed by atoms with E-state index in [1.807, 2.05) is 0 Å². The summed E-state index contributed by atoms with van der Waals surface area (Å²) in [7, 11) is 0. The molecule has 1 aliphatic heterocycles. The van der Waals surface area contributed by atoms with Crippen molar-refractivity contribution in [2.45, 2.75) is 18.6 Å². The largest absolute Gasteiger partial charge is 0.480 e. The third kappa shape index (κ3) is 3.21. The Bertz CT molecular complexity index is 333. The summed E-state index contributed by atoms with van der Waals surface area (Å²) in [6.45, 7) is 3.60. The molecule has 7 heteroatoms. The molecule has 3 N–H and O–H groups in total. The topological polar surface area (TPSA) is 101 Å². The molecule has 0 aromatic carbocycles. The number of carbonyl (C=O) groups excluding carboxylic acids is 1. The summed E-state index contributed by atoms with van der Waals surface area (Å²) in [5.41, 5.74) is 0. The Morgan fingerprint density at radius 3 is 2.67 bits per heavy atom. The number of amides is 2. The number of nitrogens with zero attached hydrogens (tertiary/aromatic N) is 2. The molecule has 2 atom stereocenters. The van der Waals surface area contributed by atoms with E-state index in [2.05, 4.69) is 6.58 Å². The second-order valence-corrected chi connectivity index (χ2v) is 4.14. The van der Waals surface area contributed by atoms with Gasteiger partial charge in [-0.05, 0) is 0 Å². The van der Waals surface area contributed by atoms with Crippen LogP contribution in [0.1, 0.15) is 6.42 Å². The highest BCUT2D eigenvalue weighted by Crippen LogP contribution is 2.19. The van der Waals surface area contributed by atoms with E-state index in [1.165, 1.54) is 11.0 Å². The van der Waals surface area contributed by atoms with Gasteiger partial charge >= 0.3 is 12.0 Å². The van der Waals surface area contributed by atoms with Gasteiger partial charge < -0.3 is 25.1 Å². The van der Waals surface area contributed by atoms with Gasteiger partial charge in [-0.25, -0.2) is 9.59 Å². The third-order valence-electron chi connectivity index (χ3n) is 2.80. The first-order valence-electron chi connectivity index (χ1n) is 5.69. The molecule has 18 heavy (non-hydrogen) atoms. The van der Waals surface area contributed by atoms with E-state index in [-0.39, 0.29) is 32.7 Å². The van der Waals surface area contributed by atoms with E-state index in [9.17, 15) is 14.7 Å². The van der Waals surface area contributed by atoms with Crippen LogP contribution in [-0.4, -0.2) is 75.5 Å². The Kier molecular flexibility index (Phi) is 5.11. The fourth-order valence-electron chi connectivity index (χ4n) is 1.98. The zero-order valence-corrected chi connectivity index (χ0v) is 10.0. The number of urea groups is 1. The molecule has 0 aromatic rings. The van der Waals surface area contributed by atoms with Crippen LogP contribution in [0, 0.1) is 0 Å². The zero-order valence-electron chi connectivity index (χ0n) is 10.0. The Labute approximate surface area is 105 Å². The highest BCUT2D eigenvalue weighted by atomic mass is 16.4. The van der Waals surface area contributed by atoms with Crippen LogP contribution in [0.3, 0.4) is 0 Å². The molecule has 102 valence electrons. The van der Waals surface area contributed by atoms with Crippen molar-refractivity contribution >= 4 is 12.0 Å². The summed E-state index contributed by atoms with van der Waals surface area (Å²) in [6.07, 6.45) is 0.701. The van der Waals surface area contributed by atoms with Crippen molar-refractivity contribution in [3.05, 3.63) is 12.7 Å². The van der Waals surface area contributed by atoms with Gasteiger partial charge in [-0.1, -0.05) is 6.08 Å². The van der Waals surface area contributed by atoms with Crippen LogP contribution >= 0.6 is 0 Å². The number of aliphatic hydroxyl groups excluding tert-OH is 2.